The van der Waals surface area contributed by atoms with Gasteiger partial charge in [0.05, 0.1) is 22.8 Å². The number of imidazole rings is 1. The van der Waals surface area contributed by atoms with Gasteiger partial charge in [-0.3, -0.25) is 0 Å². The van der Waals surface area contributed by atoms with E-state index in [1.54, 1.807) is 0 Å². The lowest BCUT2D eigenvalue weighted by Gasteiger charge is -2.21. The van der Waals surface area contributed by atoms with E-state index in [0.29, 0.717) is 6.04 Å². The summed E-state index contributed by atoms with van der Waals surface area (Å²) in [6.45, 7) is 0. The van der Waals surface area contributed by atoms with E-state index in [2.05, 4.69) is 57.9 Å². The Morgan fingerprint density at radius 1 is 0.955 bits per heavy atom. The average Bonchev–Trinajstić information content (AvgIpc) is 2.98. The Kier molecular flexibility index (Phi) is 2.83. The molecule has 22 heavy (non-hydrogen) atoms. The first-order valence-electron chi connectivity index (χ1n) is 8.17. The molecule has 0 unspecified atom stereocenters. The summed E-state index contributed by atoms with van der Waals surface area (Å²) >= 11 is 1.88. The van der Waals surface area contributed by atoms with Crippen molar-refractivity contribution in [1.82, 2.24) is 4.57 Å². The lowest BCUT2D eigenvalue weighted by atomic mass is 9.95. The van der Waals surface area contributed by atoms with Crippen LogP contribution >= 0.6 is 11.8 Å². The molecule has 0 radical (unpaired) electrons. The molecule has 1 fully saturated rings. The van der Waals surface area contributed by atoms with Crippen molar-refractivity contribution in [3.8, 4) is 5.69 Å². The molecule has 0 amide bonds. The molecule has 3 aromatic rings. The summed E-state index contributed by atoms with van der Waals surface area (Å²) < 4.78 is 4.70. The molecule has 5 rings (SSSR count). The van der Waals surface area contributed by atoms with Crippen molar-refractivity contribution >= 4 is 22.8 Å². The van der Waals surface area contributed by atoms with E-state index in [9.17, 15) is 0 Å². The third-order valence-corrected chi connectivity index (χ3v) is 6.05. The summed E-state index contributed by atoms with van der Waals surface area (Å²) in [6.07, 6.45) is 10.3. The van der Waals surface area contributed by atoms with Crippen molar-refractivity contribution in [2.75, 3.05) is 0 Å². The smallest absolute Gasteiger partial charge is 0.244 e. The molecule has 0 atom stereocenters. The maximum atomic E-state index is 3.68. The zero-order valence-electron chi connectivity index (χ0n) is 12.5. The third kappa shape index (κ3) is 1.78. The van der Waals surface area contributed by atoms with Crippen molar-refractivity contribution in [2.45, 2.75) is 47.9 Å². The number of rotatable bonds is 1. The van der Waals surface area contributed by atoms with Crippen molar-refractivity contribution in [2.24, 2.45) is 0 Å². The monoisotopic (exact) mass is 306 g/mol. The summed E-state index contributed by atoms with van der Waals surface area (Å²) in [5.41, 5.74) is 3.94. The molecule has 0 saturated heterocycles. The van der Waals surface area contributed by atoms with Crippen LogP contribution in [0.4, 0.5) is 0 Å². The van der Waals surface area contributed by atoms with Gasteiger partial charge in [0.25, 0.3) is 0 Å². The van der Waals surface area contributed by atoms with Crippen LogP contribution in [0.3, 0.4) is 0 Å². The maximum Gasteiger partial charge on any atom is 0.244 e. The predicted molar refractivity (Wildman–Crippen MR) is 88.6 cm³/mol. The molecule has 110 valence electrons. The minimum absolute atomic E-state index is 0.614. The van der Waals surface area contributed by atoms with E-state index in [4.69, 9.17) is 0 Å². The second-order valence-electron chi connectivity index (χ2n) is 6.29. The molecule has 2 aliphatic rings. The molecule has 2 nitrogen and oxygen atoms in total. The highest BCUT2D eigenvalue weighted by Crippen LogP contribution is 2.40. The van der Waals surface area contributed by atoms with E-state index < -0.39 is 0 Å². The van der Waals surface area contributed by atoms with Crippen LogP contribution in [0.25, 0.3) is 16.7 Å². The van der Waals surface area contributed by atoms with Gasteiger partial charge in [-0.1, -0.05) is 48.9 Å². The standard InChI is InChI=1S/C19H18N2S/c1-2-7-14(8-3-1)20-13-21-15-9-4-5-11-17(15)22-18-12-6-10-16(20)19(18)21/h4-6,9-12,14H,1-3,7-8H2. The van der Waals surface area contributed by atoms with Crippen LogP contribution in [0.15, 0.2) is 52.3 Å². The Balaban J connectivity index is 1.78. The fraction of sp³-hybridized carbons (Fsp3) is 0.316. The van der Waals surface area contributed by atoms with Gasteiger partial charge in [0, 0.05) is 9.79 Å². The Labute approximate surface area is 134 Å². The van der Waals surface area contributed by atoms with E-state index in [1.807, 2.05) is 11.8 Å². The van der Waals surface area contributed by atoms with Gasteiger partial charge < -0.3 is 9.13 Å². The molecule has 3 heteroatoms. The third-order valence-electron chi connectivity index (χ3n) is 4.93. The Morgan fingerprint density at radius 3 is 2.68 bits per heavy atom. The lowest BCUT2D eigenvalue weighted by molar-refractivity contribution is -0.577. The number of para-hydroxylation sites is 2. The van der Waals surface area contributed by atoms with Crippen LogP contribution in [0, 0.1) is 6.33 Å². The summed E-state index contributed by atoms with van der Waals surface area (Å²) in [5, 5.41) is 0. The molecule has 1 aliphatic heterocycles. The van der Waals surface area contributed by atoms with Crippen LogP contribution in [0.2, 0.25) is 0 Å². The fourth-order valence-electron chi connectivity index (χ4n) is 3.86. The molecule has 1 saturated carbocycles. The van der Waals surface area contributed by atoms with Crippen LogP contribution < -0.4 is 4.57 Å². The predicted octanol–water partition coefficient (Wildman–Crippen LogP) is 4.69. The first-order chi connectivity index (χ1) is 10.9. The van der Waals surface area contributed by atoms with Crippen LogP contribution in [-0.2, 0) is 0 Å². The Bertz CT molecular complexity index is 859. The number of benzene rings is 2. The molecule has 0 spiro atoms. The van der Waals surface area contributed by atoms with Crippen LogP contribution in [0.1, 0.15) is 38.1 Å². The minimum atomic E-state index is 0.614. The normalized spacial score (nSPS) is 17.6. The van der Waals surface area contributed by atoms with Gasteiger partial charge in [-0.05, 0) is 25.7 Å². The number of hydrogen-bond acceptors (Lipinski definition) is 1. The number of aromatic nitrogens is 2. The number of fused-ring (bicyclic) bond motifs is 2. The van der Waals surface area contributed by atoms with E-state index in [1.165, 1.54) is 58.6 Å². The summed E-state index contributed by atoms with van der Waals surface area (Å²) in [6, 6.07) is 16.0. The Morgan fingerprint density at radius 2 is 1.77 bits per heavy atom. The average molecular weight is 306 g/mol. The molecule has 2 aromatic carbocycles. The number of hydrogen-bond donors (Lipinski definition) is 0. The van der Waals surface area contributed by atoms with Gasteiger partial charge in [0.2, 0.25) is 6.33 Å². The summed E-state index contributed by atoms with van der Waals surface area (Å²) in [7, 11) is 0. The topological polar surface area (TPSA) is 8.81 Å². The fourth-order valence-corrected chi connectivity index (χ4v) is 4.95. The second kappa shape index (κ2) is 4.88. The Hall–Kier alpha value is -1.74. The quantitative estimate of drug-likeness (QED) is 0.366. The van der Waals surface area contributed by atoms with Crippen molar-refractivity contribution in [3.63, 3.8) is 0 Å². The SMILES string of the molecule is [c-]1n(C2CCCCC2)c2cccc3c2[n+]1-c1ccccc1S3. The molecule has 0 N–H and O–H groups in total. The summed E-state index contributed by atoms with van der Waals surface area (Å²) in [4.78, 5) is 2.67. The second-order valence-corrected chi connectivity index (χ2v) is 7.37. The zero-order valence-corrected chi connectivity index (χ0v) is 13.3. The molecule has 1 aromatic heterocycles. The first-order valence-corrected chi connectivity index (χ1v) is 8.99. The van der Waals surface area contributed by atoms with Gasteiger partial charge in [-0.25, -0.2) is 0 Å². The molecular weight excluding hydrogens is 288 g/mol. The van der Waals surface area contributed by atoms with E-state index in [-0.39, 0.29) is 0 Å². The maximum absolute atomic E-state index is 3.68. The van der Waals surface area contributed by atoms with Gasteiger partial charge in [-0.2, -0.15) is 0 Å². The molecule has 0 bridgehead atoms. The highest BCUT2D eigenvalue weighted by Gasteiger charge is 2.25. The van der Waals surface area contributed by atoms with Gasteiger partial charge in [0.1, 0.15) is 0 Å². The van der Waals surface area contributed by atoms with E-state index in [0.717, 1.165) is 0 Å². The van der Waals surface area contributed by atoms with Crippen LogP contribution in [0.5, 0.6) is 0 Å². The zero-order chi connectivity index (χ0) is 14.5. The van der Waals surface area contributed by atoms with Crippen molar-refractivity contribution < 1.29 is 4.57 Å². The minimum Gasteiger partial charge on any atom is -0.317 e. The van der Waals surface area contributed by atoms with Crippen LogP contribution in [-0.4, -0.2) is 4.57 Å². The summed E-state index contributed by atoms with van der Waals surface area (Å²) in [5.74, 6) is 0. The van der Waals surface area contributed by atoms with Gasteiger partial charge >= 0.3 is 0 Å². The molecule has 1 aliphatic carbocycles. The molecular formula is C19H18N2S. The lowest BCUT2D eigenvalue weighted by Crippen LogP contribution is -2.32. The first kappa shape index (κ1) is 12.8. The van der Waals surface area contributed by atoms with Crippen molar-refractivity contribution in [1.29, 1.82) is 0 Å². The van der Waals surface area contributed by atoms with Crippen molar-refractivity contribution in [3.05, 3.63) is 48.8 Å². The highest BCUT2D eigenvalue weighted by molar-refractivity contribution is 7.99. The van der Waals surface area contributed by atoms with E-state index >= 15 is 0 Å². The largest absolute Gasteiger partial charge is 0.317 e. The molecule has 2 heterocycles. The number of nitrogens with zero attached hydrogens (tertiary/aromatic N) is 2. The van der Waals surface area contributed by atoms with Gasteiger partial charge in [-0.15, -0.1) is 11.8 Å². The highest BCUT2D eigenvalue weighted by atomic mass is 32.2. The van der Waals surface area contributed by atoms with Gasteiger partial charge in [0.15, 0.2) is 0 Å².